The van der Waals surface area contributed by atoms with Crippen LogP contribution in [0.2, 0.25) is 0 Å². The Morgan fingerprint density at radius 3 is 2.67 bits per heavy atom. The first kappa shape index (κ1) is 12.3. The Morgan fingerprint density at radius 1 is 1.28 bits per heavy atom. The van der Waals surface area contributed by atoms with Gasteiger partial charge in [-0.1, -0.05) is 0 Å². The molecule has 1 aromatic carbocycles. The molecule has 96 valence electrons. The third kappa shape index (κ3) is 2.73. The summed E-state index contributed by atoms with van der Waals surface area (Å²) >= 11 is 0. The van der Waals surface area contributed by atoms with Crippen molar-refractivity contribution in [2.24, 2.45) is 0 Å². The summed E-state index contributed by atoms with van der Waals surface area (Å²) in [4.78, 5) is 0. The van der Waals surface area contributed by atoms with Gasteiger partial charge in [0.2, 0.25) is 0 Å². The number of rotatable bonds is 3. The third-order valence-corrected chi connectivity index (χ3v) is 2.40. The number of halogens is 3. The van der Waals surface area contributed by atoms with Gasteiger partial charge in [-0.25, -0.2) is 0 Å². The van der Waals surface area contributed by atoms with Crippen molar-refractivity contribution >= 4 is 11.4 Å². The summed E-state index contributed by atoms with van der Waals surface area (Å²) in [6, 6.07) is 5.46. The highest BCUT2D eigenvalue weighted by Crippen LogP contribution is 2.35. The van der Waals surface area contributed by atoms with E-state index in [1.807, 2.05) is 0 Å². The lowest BCUT2D eigenvalue weighted by Gasteiger charge is -2.12. The van der Waals surface area contributed by atoms with Crippen molar-refractivity contribution in [3.63, 3.8) is 0 Å². The number of aromatic nitrogens is 2. The van der Waals surface area contributed by atoms with E-state index in [2.05, 4.69) is 15.5 Å². The summed E-state index contributed by atoms with van der Waals surface area (Å²) < 4.78 is 37.9. The molecule has 0 spiro atoms. The average Bonchev–Trinajstić information content (AvgIpc) is 2.79. The minimum Gasteiger partial charge on any atom is -0.398 e. The van der Waals surface area contributed by atoms with Crippen molar-refractivity contribution in [3.8, 4) is 0 Å². The van der Waals surface area contributed by atoms with E-state index in [-0.39, 0.29) is 5.69 Å². The number of H-pyrrole nitrogens is 1. The molecule has 1 heterocycles. The van der Waals surface area contributed by atoms with Crippen LogP contribution < -0.4 is 11.1 Å². The molecule has 4 N–H and O–H groups in total. The molecule has 1 aromatic heterocycles. The van der Waals surface area contributed by atoms with Crippen LogP contribution in [0.1, 0.15) is 11.3 Å². The van der Waals surface area contributed by atoms with Crippen molar-refractivity contribution in [2.75, 3.05) is 11.1 Å². The standard InChI is InChI=1S/C11H11F3N4/c12-11(13,14)9-5-7(1-2-10(9)15)16-6-8-3-4-17-18-8/h1-5,16H,6,15H2,(H,17,18). The molecule has 0 saturated heterocycles. The molecular weight excluding hydrogens is 245 g/mol. The number of nitrogens with one attached hydrogen (secondary N) is 2. The molecule has 0 atom stereocenters. The Hall–Kier alpha value is -2.18. The van der Waals surface area contributed by atoms with Gasteiger partial charge in [0.15, 0.2) is 0 Å². The van der Waals surface area contributed by atoms with Crippen LogP contribution in [0.25, 0.3) is 0 Å². The average molecular weight is 256 g/mol. The molecule has 0 aliphatic heterocycles. The van der Waals surface area contributed by atoms with Crippen molar-refractivity contribution in [1.82, 2.24) is 10.2 Å². The van der Waals surface area contributed by atoms with E-state index in [0.29, 0.717) is 12.2 Å². The first-order valence-corrected chi connectivity index (χ1v) is 5.15. The molecule has 0 aliphatic rings. The Balaban J connectivity index is 2.15. The SMILES string of the molecule is Nc1ccc(NCc2ccn[nH]2)cc1C(F)(F)F. The van der Waals surface area contributed by atoms with Gasteiger partial charge in [0.05, 0.1) is 17.8 Å². The van der Waals surface area contributed by atoms with Gasteiger partial charge in [0.1, 0.15) is 0 Å². The van der Waals surface area contributed by atoms with Crippen molar-refractivity contribution in [1.29, 1.82) is 0 Å². The normalized spacial score (nSPS) is 11.5. The first-order chi connectivity index (χ1) is 8.47. The smallest absolute Gasteiger partial charge is 0.398 e. The van der Waals surface area contributed by atoms with Crippen LogP contribution in [0, 0.1) is 0 Å². The maximum atomic E-state index is 12.6. The van der Waals surface area contributed by atoms with E-state index in [0.717, 1.165) is 11.8 Å². The fraction of sp³-hybridized carbons (Fsp3) is 0.182. The number of hydrogen-bond acceptors (Lipinski definition) is 3. The summed E-state index contributed by atoms with van der Waals surface area (Å²) in [5, 5.41) is 9.30. The second-order valence-electron chi connectivity index (χ2n) is 3.74. The molecule has 2 rings (SSSR count). The summed E-state index contributed by atoms with van der Waals surface area (Å²) in [5.41, 5.74) is 5.31. The second kappa shape index (κ2) is 4.59. The summed E-state index contributed by atoms with van der Waals surface area (Å²) in [5.74, 6) is 0. The van der Waals surface area contributed by atoms with E-state index in [9.17, 15) is 13.2 Å². The van der Waals surface area contributed by atoms with Crippen LogP contribution in [-0.4, -0.2) is 10.2 Å². The van der Waals surface area contributed by atoms with E-state index in [4.69, 9.17) is 5.73 Å². The molecule has 7 heteroatoms. The fourth-order valence-corrected chi connectivity index (χ4v) is 1.49. The summed E-state index contributed by atoms with van der Waals surface area (Å²) in [6.45, 7) is 0.362. The lowest BCUT2D eigenvalue weighted by molar-refractivity contribution is -0.136. The first-order valence-electron chi connectivity index (χ1n) is 5.15. The van der Waals surface area contributed by atoms with Gasteiger partial charge in [0.25, 0.3) is 0 Å². The molecule has 4 nitrogen and oxygen atoms in total. The summed E-state index contributed by atoms with van der Waals surface area (Å²) in [7, 11) is 0. The third-order valence-electron chi connectivity index (χ3n) is 2.40. The molecule has 0 aliphatic carbocycles. The predicted octanol–water partition coefficient (Wildman–Crippen LogP) is 2.62. The monoisotopic (exact) mass is 256 g/mol. The Morgan fingerprint density at radius 2 is 2.06 bits per heavy atom. The molecule has 0 saturated carbocycles. The number of nitrogens with two attached hydrogens (primary N) is 1. The topological polar surface area (TPSA) is 66.7 Å². The van der Waals surface area contributed by atoms with Gasteiger partial charge in [0, 0.05) is 17.6 Å². The lowest BCUT2D eigenvalue weighted by atomic mass is 10.1. The zero-order valence-corrected chi connectivity index (χ0v) is 9.25. The number of nitrogen functional groups attached to an aromatic ring is 1. The number of hydrogen-bond donors (Lipinski definition) is 3. The number of benzene rings is 1. The van der Waals surface area contributed by atoms with Gasteiger partial charge in [-0.05, 0) is 24.3 Å². The van der Waals surface area contributed by atoms with E-state index < -0.39 is 11.7 Å². The van der Waals surface area contributed by atoms with Crippen LogP contribution in [0.5, 0.6) is 0 Å². The molecule has 0 bridgehead atoms. The van der Waals surface area contributed by atoms with E-state index in [1.54, 1.807) is 12.3 Å². The highest BCUT2D eigenvalue weighted by atomic mass is 19.4. The fourth-order valence-electron chi connectivity index (χ4n) is 1.49. The van der Waals surface area contributed by atoms with Gasteiger partial charge in [-0.3, -0.25) is 5.10 Å². The highest BCUT2D eigenvalue weighted by Gasteiger charge is 2.33. The van der Waals surface area contributed by atoms with E-state index >= 15 is 0 Å². The van der Waals surface area contributed by atoms with Crippen LogP contribution in [-0.2, 0) is 12.7 Å². The van der Waals surface area contributed by atoms with Crippen LogP contribution >= 0.6 is 0 Å². The minimum absolute atomic E-state index is 0.283. The Bertz CT molecular complexity index is 520. The van der Waals surface area contributed by atoms with Crippen molar-refractivity contribution in [3.05, 3.63) is 41.7 Å². The van der Waals surface area contributed by atoms with Gasteiger partial charge in [-0.2, -0.15) is 18.3 Å². The van der Waals surface area contributed by atoms with Crippen LogP contribution in [0.15, 0.2) is 30.5 Å². The minimum atomic E-state index is -4.45. The van der Waals surface area contributed by atoms with Gasteiger partial charge in [-0.15, -0.1) is 0 Å². The number of alkyl halides is 3. The maximum Gasteiger partial charge on any atom is 0.418 e. The quantitative estimate of drug-likeness (QED) is 0.739. The molecule has 2 aromatic rings. The largest absolute Gasteiger partial charge is 0.418 e. The number of nitrogens with zero attached hydrogens (tertiary/aromatic N) is 1. The summed E-state index contributed by atoms with van der Waals surface area (Å²) in [6.07, 6.45) is -2.88. The van der Waals surface area contributed by atoms with Crippen LogP contribution in [0.3, 0.4) is 0 Å². The maximum absolute atomic E-state index is 12.6. The van der Waals surface area contributed by atoms with Gasteiger partial charge < -0.3 is 11.1 Å². The van der Waals surface area contributed by atoms with E-state index in [1.165, 1.54) is 12.1 Å². The van der Waals surface area contributed by atoms with Gasteiger partial charge >= 0.3 is 6.18 Å². The Kier molecular flexibility index (Phi) is 3.14. The molecule has 18 heavy (non-hydrogen) atoms. The van der Waals surface area contributed by atoms with Crippen molar-refractivity contribution < 1.29 is 13.2 Å². The molecule has 0 radical (unpaired) electrons. The predicted molar refractivity (Wildman–Crippen MR) is 61.8 cm³/mol. The zero-order chi connectivity index (χ0) is 13.2. The Labute approximate surface area is 101 Å². The molecule has 0 amide bonds. The highest BCUT2D eigenvalue weighted by molar-refractivity contribution is 5.58. The van der Waals surface area contributed by atoms with Crippen molar-refractivity contribution in [2.45, 2.75) is 12.7 Å². The second-order valence-corrected chi connectivity index (χ2v) is 3.74. The molecule has 0 fully saturated rings. The number of aromatic amines is 1. The molecule has 0 unspecified atom stereocenters. The lowest BCUT2D eigenvalue weighted by Crippen LogP contribution is -2.10. The van der Waals surface area contributed by atoms with Crippen LogP contribution in [0.4, 0.5) is 24.5 Å². The molecular formula is C11H11F3N4. The number of anilines is 2. The zero-order valence-electron chi connectivity index (χ0n) is 9.25.